The van der Waals surface area contributed by atoms with Crippen LogP contribution in [-0.2, 0) is 4.79 Å². The predicted octanol–water partition coefficient (Wildman–Crippen LogP) is 0.276. The van der Waals surface area contributed by atoms with Crippen molar-refractivity contribution >= 4 is 5.91 Å². The van der Waals surface area contributed by atoms with Crippen molar-refractivity contribution in [1.82, 2.24) is 20.4 Å². The third-order valence-corrected chi connectivity index (χ3v) is 5.65. The molecule has 2 N–H and O–H groups in total. The zero-order chi connectivity index (χ0) is 14.4. The maximum absolute atomic E-state index is 14.0. The lowest BCUT2D eigenvalue weighted by Gasteiger charge is -2.39. The van der Waals surface area contributed by atoms with E-state index in [4.69, 9.17) is 0 Å². The fraction of sp³-hybridized carbons (Fsp3) is 0.933. The molecule has 5 unspecified atom stereocenters. The molecule has 0 aromatic rings. The van der Waals surface area contributed by atoms with Crippen molar-refractivity contribution in [1.29, 1.82) is 0 Å². The van der Waals surface area contributed by atoms with E-state index in [0.717, 1.165) is 19.6 Å². The molecule has 5 nitrogen and oxygen atoms in total. The topological polar surface area (TPSA) is 47.6 Å². The van der Waals surface area contributed by atoms with Crippen LogP contribution < -0.4 is 10.6 Å². The summed E-state index contributed by atoms with van der Waals surface area (Å²) in [6.07, 6.45) is 4.08. The monoisotopic (exact) mass is 296 g/mol. The minimum absolute atomic E-state index is 0.0518. The van der Waals surface area contributed by atoms with E-state index < -0.39 is 6.17 Å². The Hall–Kier alpha value is -0.720. The largest absolute Gasteiger partial charge is 0.355 e. The van der Waals surface area contributed by atoms with E-state index in [1.807, 2.05) is 0 Å². The normalized spacial score (nSPS) is 45.0. The minimum Gasteiger partial charge on any atom is -0.355 e. The van der Waals surface area contributed by atoms with Gasteiger partial charge in [0, 0.05) is 38.3 Å². The molecule has 118 valence electrons. The van der Waals surface area contributed by atoms with Crippen LogP contribution in [0.5, 0.6) is 0 Å². The first-order chi connectivity index (χ1) is 10.2. The van der Waals surface area contributed by atoms with Crippen LogP contribution in [0.1, 0.15) is 32.1 Å². The number of hydrogen-bond acceptors (Lipinski definition) is 4. The van der Waals surface area contributed by atoms with Crippen molar-refractivity contribution in [3.8, 4) is 0 Å². The van der Waals surface area contributed by atoms with Crippen molar-refractivity contribution in [2.75, 3.05) is 26.2 Å². The molecule has 21 heavy (non-hydrogen) atoms. The van der Waals surface area contributed by atoms with Gasteiger partial charge < -0.3 is 5.32 Å². The molecule has 1 saturated carbocycles. The van der Waals surface area contributed by atoms with Crippen LogP contribution in [0.3, 0.4) is 0 Å². The standard InChI is InChI=1S/C15H25FN4O/c16-10-8-11-13-12(9-10)18-15(19-5-2-1-3-6-19)20(13)7-4-17-14(11)21/h10-13,15,18H,1-9H2,(H,17,21). The Morgan fingerprint density at radius 3 is 2.71 bits per heavy atom. The van der Waals surface area contributed by atoms with E-state index in [9.17, 15) is 9.18 Å². The molecule has 0 aromatic heterocycles. The third kappa shape index (κ3) is 2.37. The summed E-state index contributed by atoms with van der Waals surface area (Å²) >= 11 is 0. The van der Waals surface area contributed by atoms with Crippen LogP contribution in [0.25, 0.3) is 0 Å². The fourth-order valence-electron chi connectivity index (χ4n) is 4.74. The maximum atomic E-state index is 14.0. The van der Waals surface area contributed by atoms with Crippen LogP contribution in [0.2, 0.25) is 0 Å². The van der Waals surface area contributed by atoms with Gasteiger partial charge in [-0.1, -0.05) is 6.42 Å². The Balaban J connectivity index is 1.60. The van der Waals surface area contributed by atoms with Gasteiger partial charge in [0.2, 0.25) is 5.91 Å². The van der Waals surface area contributed by atoms with E-state index in [1.54, 1.807) is 0 Å². The molecule has 0 radical (unpaired) electrons. The molecule has 3 heterocycles. The van der Waals surface area contributed by atoms with E-state index in [1.165, 1.54) is 19.3 Å². The summed E-state index contributed by atoms with van der Waals surface area (Å²) in [4.78, 5) is 17.2. The molecule has 0 bridgehead atoms. The molecule has 4 fully saturated rings. The number of nitrogens with zero attached hydrogens (tertiary/aromatic N) is 2. The second kappa shape index (κ2) is 5.48. The average Bonchev–Trinajstić information content (AvgIpc) is 2.76. The fourth-order valence-corrected chi connectivity index (χ4v) is 4.74. The summed E-state index contributed by atoms with van der Waals surface area (Å²) < 4.78 is 14.0. The zero-order valence-electron chi connectivity index (χ0n) is 12.4. The second-order valence-electron chi connectivity index (χ2n) is 6.94. The quantitative estimate of drug-likeness (QED) is 0.729. The van der Waals surface area contributed by atoms with Gasteiger partial charge in [0.15, 0.2) is 0 Å². The number of amides is 1. The number of carbonyl (C=O) groups excluding carboxylic acids is 1. The number of alkyl halides is 1. The molecular formula is C15H25FN4O. The zero-order valence-corrected chi connectivity index (χ0v) is 12.4. The molecule has 1 amide bonds. The highest BCUT2D eigenvalue weighted by molar-refractivity contribution is 5.80. The summed E-state index contributed by atoms with van der Waals surface area (Å²) in [6.45, 7) is 3.77. The lowest BCUT2D eigenvalue weighted by atomic mass is 9.80. The van der Waals surface area contributed by atoms with Crippen molar-refractivity contribution in [2.24, 2.45) is 5.92 Å². The van der Waals surface area contributed by atoms with Gasteiger partial charge in [-0.2, -0.15) is 0 Å². The SMILES string of the molecule is O=C1NCCN2C3C(CC(F)CC13)NC2N1CCCCC1. The lowest BCUT2D eigenvalue weighted by Crippen LogP contribution is -2.54. The van der Waals surface area contributed by atoms with Gasteiger partial charge in [-0.25, -0.2) is 4.39 Å². The van der Waals surface area contributed by atoms with Gasteiger partial charge in [0.1, 0.15) is 12.5 Å². The molecule has 5 atom stereocenters. The molecule has 1 aliphatic carbocycles. The second-order valence-corrected chi connectivity index (χ2v) is 6.94. The highest BCUT2D eigenvalue weighted by Crippen LogP contribution is 2.37. The summed E-state index contributed by atoms with van der Waals surface area (Å²) in [5.41, 5.74) is 0. The number of likely N-dealkylation sites (tertiary alicyclic amines) is 1. The van der Waals surface area contributed by atoms with Gasteiger partial charge in [-0.05, 0) is 25.7 Å². The van der Waals surface area contributed by atoms with Crippen molar-refractivity contribution < 1.29 is 9.18 Å². The van der Waals surface area contributed by atoms with Gasteiger partial charge in [-0.3, -0.25) is 19.9 Å². The number of nitrogens with one attached hydrogen (secondary N) is 2. The Kier molecular flexibility index (Phi) is 3.63. The Morgan fingerprint density at radius 2 is 1.90 bits per heavy atom. The highest BCUT2D eigenvalue weighted by Gasteiger charge is 2.53. The Labute approximate surface area is 125 Å². The van der Waals surface area contributed by atoms with E-state index in [0.29, 0.717) is 19.4 Å². The molecule has 6 heteroatoms. The molecule has 4 aliphatic rings. The van der Waals surface area contributed by atoms with Gasteiger partial charge in [0.25, 0.3) is 0 Å². The number of hydrogen-bond donors (Lipinski definition) is 2. The van der Waals surface area contributed by atoms with Crippen LogP contribution in [0, 0.1) is 5.92 Å². The number of rotatable bonds is 1. The molecule has 4 rings (SSSR count). The predicted molar refractivity (Wildman–Crippen MR) is 77.3 cm³/mol. The maximum Gasteiger partial charge on any atom is 0.224 e. The summed E-state index contributed by atoms with van der Waals surface area (Å²) in [5.74, 6) is -0.139. The molecular weight excluding hydrogens is 271 g/mol. The molecule has 0 aromatic carbocycles. The van der Waals surface area contributed by atoms with Crippen molar-refractivity contribution in [2.45, 2.75) is 56.6 Å². The smallest absolute Gasteiger partial charge is 0.224 e. The van der Waals surface area contributed by atoms with E-state index in [2.05, 4.69) is 20.4 Å². The molecule has 0 spiro atoms. The first kappa shape index (κ1) is 13.9. The van der Waals surface area contributed by atoms with Crippen LogP contribution >= 0.6 is 0 Å². The van der Waals surface area contributed by atoms with E-state index in [-0.39, 0.29) is 30.2 Å². The Bertz CT molecular complexity index is 414. The first-order valence-electron chi connectivity index (χ1n) is 8.41. The average molecular weight is 296 g/mol. The number of halogens is 1. The van der Waals surface area contributed by atoms with E-state index >= 15 is 0 Å². The lowest BCUT2D eigenvalue weighted by molar-refractivity contribution is -0.127. The Morgan fingerprint density at radius 1 is 1.10 bits per heavy atom. The van der Waals surface area contributed by atoms with Crippen molar-refractivity contribution in [3.63, 3.8) is 0 Å². The number of piperidine rings is 1. The first-order valence-corrected chi connectivity index (χ1v) is 8.41. The van der Waals surface area contributed by atoms with Gasteiger partial charge in [-0.15, -0.1) is 0 Å². The molecule has 3 saturated heterocycles. The summed E-state index contributed by atoms with van der Waals surface area (Å²) in [5, 5.41) is 6.62. The highest BCUT2D eigenvalue weighted by atomic mass is 19.1. The number of carbonyl (C=O) groups is 1. The molecule has 3 aliphatic heterocycles. The third-order valence-electron chi connectivity index (χ3n) is 5.65. The summed E-state index contributed by atoms with van der Waals surface area (Å²) in [6, 6.07) is 0.293. The van der Waals surface area contributed by atoms with Crippen molar-refractivity contribution in [3.05, 3.63) is 0 Å². The van der Waals surface area contributed by atoms with Crippen LogP contribution in [0.4, 0.5) is 4.39 Å². The van der Waals surface area contributed by atoms with Crippen LogP contribution in [-0.4, -0.2) is 66.4 Å². The minimum atomic E-state index is -0.852. The summed E-state index contributed by atoms with van der Waals surface area (Å²) in [7, 11) is 0. The van der Waals surface area contributed by atoms with Crippen LogP contribution in [0.15, 0.2) is 0 Å². The van der Waals surface area contributed by atoms with Gasteiger partial charge in [0.05, 0.1) is 5.92 Å². The van der Waals surface area contributed by atoms with Gasteiger partial charge >= 0.3 is 0 Å².